The number of nitrogens with zero attached hydrogens (tertiary/aromatic N) is 2. The van der Waals surface area contributed by atoms with Crippen LogP contribution in [-0.2, 0) is 5.41 Å². The Kier molecular flexibility index (Phi) is 4.40. The van der Waals surface area contributed by atoms with Gasteiger partial charge in [-0.25, -0.2) is 9.97 Å². The molecule has 4 N–H and O–H groups in total. The van der Waals surface area contributed by atoms with Gasteiger partial charge in [0.25, 0.3) is 0 Å². The van der Waals surface area contributed by atoms with Gasteiger partial charge in [0.1, 0.15) is 17.5 Å². The maximum Gasteiger partial charge on any atom is 0.138 e. The molecule has 0 radical (unpaired) electrons. The molecule has 0 aromatic carbocycles. The van der Waals surface area contributed by atoms with Crippen molar-refractivity contribution in [3.8, 4) is 0 Å². The Morgan fingerprint density at radius 3 is 2.21 bits per heavy atom. The molecule has 1 unspecified atom stereocenters. The Bertz CT molecular complexity index is 447. The molecule has 5 heteroatoms. The predicted octanol–water partition coefficient (Wildman–Crippen LogP) is 2.24. The average Bonchev–Trinajstić information content (AvgIpc) is 2.33. The summed E-state index contributed by atoms with van der Waals surface area (Å²) < 4.78 is 0. The van der Waals surface area contributed by atoms with Crippen LogP contribution in [0.5, 0.6) is 0 Å². The minimum absolute atomic E-state index is 0.0394. The average molecular weight is 266 g/mol. The SMILES string of the molecule is CCC(C)(CO)Nc1nc(C(C)(C)C)nc(N)c1C. The van der Waals surface area contributed by atoms with Crippen LogP contribution in [0, 0.1) is 6.92 Å². The van der Waals surface area contributed by atoms with Crippen molar-refractivity contribution in [3.63, 3.8) is 0 Å². The summed E-state index contributed by atoms with van der Waals surface area (Å²) in [5.74, 6) is 1.89. The Morgan fingerprint density at radius 2 is 1.79 bits per heavy atom. The molecule has 1 rings (SSSR count). The molecule has 5 nitrogen and oxygen atoms in total. The molecule has 1 aromatic rings. The third kappa shape index (κ3) is 3.56. The number of anilines is 2. The second kappa shape index (κ2) is 5.33. The summed E-state index contributed by atoms with van der Waals surface area (Å²) in [5, 5.41) is 12.8. The van der Waals surface area contributed by atoms with Crippen LogP contribution in [0.1, 0.15) is 52.4 Å². The van der Waals surface area contributed by atoms with Gasteiger partial charge in [0.15, 0.2) is 0 Å². The van der Waals surface area contributed by atoms with E-state index < -0.39 is 5.54 Å². The zero-order valence-corrected chi connectivity index (χ0v) is 12.8. The summed E-state index contributed by atoms with van der Waals surface area (Å²) in [6.07, 6.45) is 0.789. The van der Waals surface area contributed by atoms with E-state index in [1.165, 1.54) is 0 Å². The molecule has 19 heavy (non-hydrogen) atoms. The molecule has 0 spiro atoms. The Hall–Kier alpha value is -1.36. The molecule has 0 aliphatic carbocycles. The van der Waals surface area contributed by atoms with Gasteiger partial charge < -0.3 is 16.2 Å². The van der Waals surface area contributed by atoms with E-state index in [9.17, 15) is 5.11 Å². The van der Waals surface area contributed by atoms with E-state index >= 15 is 0 Å². The first-order chi connectivity index (χ1) is 8.63. The number of aliphatic hydroxyl groups is 1. The standard InChI is InChI=1S/C14H26N4O/c1-7-14(6,8-19)18-11-9(2)10(15)16-12(17-11)13(3,4)5/h19H,7-8H2,1-6H3,(H3,15,16,17,18). The Balaban J connectivity index is 3.24. The summed E-state index contributed by atoms with van der Waals surface area (Å²) in [5.41, 5.74) is 6.22. The molecular formula is C14H26N4O. The summed E-state index contributed by atoms with van der Waals surface area (Å²) in [6.45, 7) is 12.0. The summed E-state index contributed by atoms with van der Waals surface area (Å²) >= 11 is 0. The lowest BCUT2D eigenvalue weighted by atomic mass is 9.95. The van der Waals surface area contributed by atoms with Crippen LogP contribution in [0.3, 0.4) is 0 Å². The topological polar surface area (TPSA) is 84.1 Å². The molecule has 1 aromatic heterocycles. The number of rotatable bonds is 4. The lowest BCUT2D eigenvalue weighted by molar-refractivity contribution is 0.218. The number of nitrogens with two attached hydrogens (primary N) is 1. The molecule has 0 fully saturated rings. The zero-order valence-electron chi connectivity index (χ0n) is 12.8. The first kappa shape index (κ1) is 15.7. The fourth-order valence-electron chi connectivity index (χ4n) is 1.52. The van der Waals surface area contributed by atoms with Crippen molar-refractivity contribution < 1.29 is 5.11 Å². The van der Waals surface area contributed by atoms with Gasteiger partial charge >= 0.3 is 0 Å². The van der Waals surface area contributed by atoms with Gasteiger partial charge in [0, 0.05) is 11.0 Å². The van der Waals surface area contributed by atoms with Gasteiger partial charge in [-0.05, 0) is 20.3 Å². The van der Waals surface area contributed by atoms with Crippen LogP contribution in [0.2, 0.25) is 0 Å². The van der Waals surface area contributed by atoms with E-state index in [1.54, 1.807) is 0 Å². The van der Waals surface area contributed by atoms with Crippen molar-refractivity contribution in [2.24, 2.45) is 0 Å². The fraction of sp³-hybridized carbons (Fsp3) is 0.714. The highest BCUT2D eigenvalue weighted by atomic mass is 16.3. The highest BCUT2D eigenvalue weighted by molar-refractivity contribution is 5.56. The number of hydrogen-bond donors (Lipinski definition) is 3. The number of nitrogens with one attached hydrogen (secondary N) is 1. The minimum Gasteiger partial charge on any atom is -0.394 e. The maximum atomic E-state index is 9.50. The third-order valence-corrected chi connectivity index (χ3v) is 3.40. The largest absolute Gasteiger partial charge is 0.394 e. The third-order valence-electron chi connectivity index (χ3n) is 3.40. The fourth-order valence-corrected chi connectivity index (χ4v) is 1.52. The van der Waals surface area contributed by atoms with Crippen LogP contribution in [0.15, 0.2) is 0 Å². The van der Waals surface area contributed by atoms with Gasteiger partial charge in [-0.15, -0.1) is 0 Å². The quantitative estimate of drug-likeness (QED) is 0.778. The molecule has 0 saturated carbocycles. The highest BCUT2D eigenvalue weighted by Gasteiger charge is 2.25. The van der Waals surface area contributed by atoms with E-state index in [0.29, 0.717) is 17.5 Å². The smallest absolute Gasteiger partial charge is 0.138 e. The van der Waals surface area contributed by atoms with Crippen molar-refractivity contribution in [3.05, 3.63) is 11.4 Å². The first-order valence-corrected chi connectivity index (χ1v) is 6.66. The minimum atomic E-state index is -0.402. The molecule has 1 heterocycles. The zero-order chi connectivity index (χ0) is 14.8. The van der Waals surface area contributed by atoms with Crippen LogP contribution in [0.25, 0.3) is 0 Å². The molecule has 1 atom stereocenters. The highest BCUT2D eigenvalue weighted by Crippen LogP contribution is 2.27. The predicted molar refractivity (Wildman–Crippen MR) is 79.3 cm³/mol. The summed E-state index contributed by atoms with van der Waals surface area (Å²) in [6, 6.07) is 0. The van der Waals surface area contributed by atoms with E-state index in [-0.39, 0.29) is 12.0 Å². The van der Waals surface area contributed by atoms with Gasteiger partial charge in [-0.3, -0.25) is 0 Å². The van der Waals surface area contributed by atoms with Crippen molar-refractivity contribution in [1.29, 1.82) is 0 Å². The van der Waals surface area contributed by atoms with E-state index in [2.05, 4.69) is 15.3 Å². The number of hydrogen-bond acceptors (Lipinski definition) is 5. The summed E-state index contributed by atoms with van der Waals surface area (Å²) in [7, 11) is 0. The molecule has 0 aliphatic heterocycles. The molecule has 0 amide bonds. The van der Waals surface area contributed by atoms with Crippen molar-refractivity contribution in [2.45, 2.75) is 58.9 Å². The lowest BCUT2D eigenvalue weighted by Gasteiger charge is -2.29. The van der Waals surface area contributed by atoms with Crippen LogP contribution >= 0.6 is 0 Å². The second-order valence-electron chi connectivity index (χ2n) is 6.35. The van der Waals surface area contributed by atoms with Crippen molar-refractivity contribution >= 4 is 11.6 Å². The van der Waals surface area contributed by atoms with Gasteiger partial charge in [0.2, 0.25) is 0 Å². The van der Waals surface area contributed by atoms with E-state index in [4.69, 9.17) is 5.73 Å². The first-order valence-electron chi connectivity index (χ1n) is 6.66. The molecular weight excluding hydrogens is 240 g/mol. The monoisotopic (exact) mass is 266 g/mol. The van der Waals surface area contributed by atoms with E-state index in [0.717, 1.165) is 12.0 Å². The normalized spacial score (nSPS) is 15.1. The van der Waals surface area contributed by atoms with Gasteiger partial charge in [0.05, 0.1) is 12.1 Å². The van der Waals surface area contributed by atoms with Gasteiger partial charge in [-0.2, -0.15) is 0 Å². The van der Waals surface area contributed by atoms with E-state index in [1.807, 2.05) is 41.5 Å². The number of aliphatic hydroxyl groups excluding tert-OH is 1. The summed E-state index contributed by atoms with van der Waals surface area (Å²) in [4.78, 5) is 8.92. The van der Waals surface area contributed by atoms with Crippen LogP contribution < -0.4 is 11.1 Å². The number of aromatic nitrogens is 2. The number of nitrogen functional groups attached to an aromatic ring is 1. The second-order valence-corrected chi connectivity index (χ2v) is 6.35. The molecule has 108 valence electrons. The Morgan fingerprint density at radius 1 is 1.21 bits per heavy atom. The maximum absolute atomic E-state index is 9.50. The molecule has 0 bridgehead atoms. The van der Waals surface area contributed by atoms with Gasteiger partial charge in [-0.1, -0.05) is 27.7 Å². The van der Waals surface area contributed by atoms with Crippen LogP contribution in [-0.4, -0.2) is 27.2 Å². The Labute approximate surface area is 115 Å². The van der Waals surface area contributed by atoms with Crippen molar-refractivity contribution in [2.75, 3.05) is 17.7 Å². The van der Waals surface area contributed by atoms with Crippen molar-refractivity contribution in [1.82, 2.24) is 9.97 Å². The van der Waals surface area contributed by atoms with Crippen LogP contribution in [0.4, 0.5) is 11.6 Å². The molecule has 0 saturated heterocycles. The molecule has 0 aliphatic rings. The lowest BCUT2D eigenvalue weighted by Crippen LogP contribution is -2.39.